The van der Waals surface area contributed by atoms with Gasteiger partial charge in [0.15, 0.2) is 6.29 Å². The van der Waals surface area contributed by atoms with E-state index in [1.807, 2.05) is 5.92 Å². The lowest BCUT2D eigenvalue weighted by Crippen LogP contribution is -2.07. The molecular formula is C11H6F3NO2. The van der Waals surface area contributed by atoms with E-state index in [9.17, 15) is 22.8 Å². The van der Waals surface area contributed by atoms with Crippen LogP contribution in [0.2, 0.25) is 0 Å². The van der Waals surface area contributed by atoms with E-state index in [-0.39, 0.29) is 11.1 Å². The molecule has 1 amide bonds. The van der Waals surface area contributed by atoms with E-state index in [2.05, 4.69) is 5.92 Å². The zero-order valence-corrected chi connectivity index (χ0v) is 8.34. The van der Waals surface area contributed by atoms with E-state index in [1.165, 1.54) is 0 Å². The van der Waals surface area contributed by atoms with Gasteiger partial charge in [0, 0.05) is 17.0 Å². The fourth-order valence-corrected chi connectivity index (χ4v) is 1.07. The van der Waals surface area contributed by atoms with Gasteiger partial charge >= 0.3 is 6.18 Å². The Bertz CT molecular complexity index is 524. The van der Waals surface area contributed by atoms with E-state index >= 15 is 0 Å². The molecule has 2 N–H and O–H groups in total. The molecule has 0 atom stereocenters. The number of aldehydes is 1. The first-order valence-electron chi connectivity index (χ1n) is 4.32. The number of hydrogen-bond donors (Lipinski definition) is 1. The maximum absolute atomic E-state index is 12.4. The molecule has 0 bridgehead atoms. The highest BCUT2D eigenvalue weighted by Crippen LogP contribution is 2.30. The smallest absolute Gasteiger partial charge is 0.359 e. The lowest BCUT2D eigenvalue weighted by molar-refractivity contribution is -0.137. The summed E-state index contributed by atoms with van der Waals surface area (Å²) in [5.74, 6) is 3.01. The van der Waals surface area contributed by atoms with Crippen molar-refractivity contribution in [3.05, 3.63) is 34.9 Å². The van der Waals surface area contributed by atoms with Crippen molar-refractivity contribution >= 4 is 12.2 Å². The van der Waals surface area contributed by atoms with Crippen LogP contribution < -0.4 is 5.73 Å². The molecule has 6 heteroatoms. The number of hydrogen-bond acceptors (Lipinski definition) is 2. The highest BCUT2D eigenvalue weighted by atomic mass is 19.4. The van der Waals surface area contributed by atoms with E-state index in [1.54, 1.807) is 0 Å². The van der Waals surface area contributed by atoms with E-state index in [4.69, 9.17) is 5.73 Å². The molecule has 1 rings (SSSR count). The number of rotatable bonds is 1. The summed E-state index contributed by atoms with van der Waals surface area (Å²) in [6.45, 7) is 0. The second kappa shape index (κ2) is 4.70. The lowest BCUT2D eigenvalue weighted by Gasteiger charge is -2.07. The molecule has 3 nitrogen and oxygen atoms in total. The van der Waals surface area contributed by atoms with Crippen LogP contribution in [-0.4, -0.2) is 12.2 Å². The first-order valence-corrected chi connectivity index (χ1v) is 4.32. The zero-order valence-electron chi connectivity index (χ0n) is 8.34. The van der Waals surface area contributed by atoms with Gasteiger partial charge in [0.05, 0.1) is 5.56 Å². The Labute approximate surface area is 94.4 Å². The predicted molar refractivity (Wildman–Crippen MR) is 52.9 cm³/mol. The zero-order chi connectivity index (χ0) is 13.1. The number of amides is 1. The number of carbonyl (C=O) groups excluding carboxylic acids is 2. The summed E-state index contributed by atoms with van der Waals surface area (Å²) in [6.07, 6.45) is -4.18. The minimum absolute atomic E-state index is 0.0354. The van der Waals surface area contributed by atoms with Gasteiger partial charge in [-0.2, -0.15) is 13.2 Å². The van der Waals surface area contributed by atoms with Crippen LogP contribution in [-0.2, 0) is 11.0 Å². The number of alkyl halides is 3. The summed E-state index contributed by atoms with van der Waals surface area (Å²) in [6, 6.07) is 2.44. The summed E-state index contributed by atoms with van der Waals surface area (Å²) >= 11 is 0. The van der Waals surface area contributed by atoms with Gasteiger partial charge in [-0.05, 0) is 18.2 Å². The maximum Gasteiger partial charge on any atom is 0.416 e. The average Bonchev–Trinajstić information content (AvgIpc) is 2.24. The second-order valence-electron chi connectivity index (χ2n) is 3.03. The van der Waals surface area contributed by atoms with Gasteiger partial charge in [0.25, 0.3) is 5.91 Å². The molecule has 1 aromatic rings. The van der Waals surface area contributed by atoms with Gasteiger partial charge in [-0.1, -0.05) is 5.92 Å². The number of halogens is 3. The van der Waals surface area contributed by atoms with Gasteiger partial charge in [-0.15, -0.1) is 0 Å². The van der Waals surface area contributed by atoms with Crippen LogP contribution in [0.15, 0.2) is 18.2 Å². The molecule has 0 unspecified atom stereocenters. The molecular weight excluding hydrogens is 235 g/mol. The molecule has 0 aliphatic rings. The van der Waals surface area contributed by atoms with Crippen LogP contribution in [0.3, 0.4) is 0 Å². The number of primary amides is 1. The second-order valence-corrected chi connectivity index (χ2v) is 3.03. The van der Waals surface area contributed by atoms with Crippen molar-refractivity contribution in [1.29, 1.82) is 0 Å². The minimum atomic E-state index is -4.54. The Morgan fingerprint density at radius 3 is 2.47 bits per heavy atom. The number of carbonyl (C=O) groups is 2. The van der Waals surface area contributed by atoms with Crippen LogP contribution >= 0.6 is 0 Å². The summed E-state index contributed by atoms with van der Waals surface area (Å²) < 4.78 is 37.1. The molecule has 17 heavy (non-hydrogen) atoms. The fraction of sp³-hybridized carbons (Fsp3) is 0.0909. The third-order valence-electron chi connectivity index (χ3n) is 1.83. The molecule has 0 radical (unpaired) electrons. The molecule has 88 valence electrons. The van der Waals surface area contributed by atoms with Crippen molar-refractivity contribution in [2.45, 2.75) is 6.18 Å². The monoisotopic (exact) mass is 241 g/mol. The maximum atomic E-state index is 12.4. The van der Waals surface area contributed by atoms with Crippen molar-refractivity contribution in [2.75, 3.05) is 0 Å². The third kappa shape index (κ3) is 3.34. The molecule has 0 heterocycles. The van der Waals surface area contributed by atoms with E-state index < -0.39 is 17.6 Å². The first kappa shape index (κ1) is 12.8. The van der Waals surface area contributed by atoms with Crippen LogP contribution in [0.4, 0.5) is 13.2 Å². The predicted octanol–water partition coefficient (Wildman–Crippen LogP) is 1.35. The van der Waals surface area contributed by atoms with Gasteiger partial charge in [-0.25, -0.2) is 0 Å². The highest BCUT2D eigenvalue weighted by molar-refractivity contribution is 5.93. The number of benzene rings is 1. The molecule has 0 spiro atoms. The molecule has 0 aromatic heterocycles. The molecule has 0 aliphatic heterocycles. The average molecular weight is 241 g/mol. The molecule has 1 aromatic carbocycles. The normalized spacial score (nSPS) is 10.3. The van der Waals surface area contributed by atoms with Crippen molar-refractivity contribution in [2.24, 2.45) is 5.73 Å². The molecule has 0 saturated heterocycles. The first-order chi connectivity index (χ1) is 7.84. The van der Waals surface area contributed by atoms with Gasteiger partial charge in [-0.3, -0.25) is 9.59 Å². The summed E-state index contributed by atoms with van der Waals surface area (Å²) in [4.78, 5) is 21.0. The quantitative estimate of drug-likeness (QED) is 0.596. The van der Waals surface area contributed by atoms with Crippen LogP contribution in [0.25, 0.3) is 0 Å². The Morgan fingerprint density at radius 2 is 2.00 bits per heavy atom. The fourth-order valence-electron chi connectivity index (χ4n) is 1.07. The summed E-state index contributed by atoms with van der Waals surface area (Å²) in [5.41, 5.74) is 3.56. The van der Waals surface area contributed by atoms with Crippen molar-refractivity contribution in [1.82, 2.24) is 0 Å². The van der Waals surface area contributed by atoms with E-state index in [0.717, 1.165) is 12.1 Å². The Hall–Kier alpha value is -2.29. The van der Waals surface area contributed by atoms with Crippen LogP contribution in [0.1, 0.15) is 21.5 Å². The SMILES string of the molecule is NC(=O)C#Cc1cc(C(F)(F)F)ccc1C=O. The Kier molecular flexibility index (Phi) is 3.53. The molecule has 0 fully saturated rings. The standard InChI is InChI=1S/C11H6F3NO2/c12-11(13,14)9-3-1-8(6-16)7(5-9)2-4-10(15)17/h1,3,5-6H,(H2,15,17). The largest absolute Gasteiger partial charge is 0.416 e. The highest BCUT2D eigenvalue weighted by Gasteiger charge is 2.30. The van der Waals surface area contributed by atoms with Gasteiger partial charge in [0.2, 0.25) is 0 Å². The van der Waals surface area contributed by atoms with Crippen molar-refractivity contribution in [3.8, 4) is 11.8 Å². The van der Waals surface area contributed by atoms with Crippen molar-refractivity contribution in [3.63, 3.8) is 0 Å². The Balaban J connectivity index is 3.31. The van der Waals surface area contributed by atoms with Crippen molar-refractivity contribution < 1.29 is 22.8 Å². The summed E-state index contributed by atoms with van der Waals surface area (Å²) in [7, 11) is 0. The molecule has 0 saturated carbocycles. The third-order valence-corrected chi connectivity index (χ3v) is 1.83. The van der Waals surface area contributed by atoms with Crippen LogP contribution in [0, 0.1) is 11.8 Å². The van der Waals surface area contributed by atoms with Gasteiger partial charge in [0.1, 0.15) is 0 Å². The van der Waals surface area contributed by atoms with E-state index in [0.29, 0.717) is 12.4 Å². The summed E-state index contributed by atoms with van der Waals surface area (Å²) in [5, 5.41) is 0. The number of nitrogens with two attached hydrogens (primary N) is 1. The lowest BCUT2D eigenvalue weighted by atomic mass is 10.0. The molecule has 0 aliphatic carbocycles. The topological polar surface area (TPSA) is 60.2 Å². The Morgan fingerprint density at radius 1 is 1.35 bits per heavy atom. The van der Waals surface area contributed by atoms with Gasteiger partial charge < -0.3 is 5.73 Å². The minimum Gasteiger partial charge on any atom is -0.359 e. The van der Waals surface area contributed by atoms with Crippen LogP contribution in [0.5, 0.6) is 0 Å².